The smallest absolute Gasteiger partial charge is 0.415 e. The number of fused-ring (bicyclic) bond motifs is 1. The number of hydrogen-bond acceptors (Lipinski definition) is 6. The standard InChI is InChI=1S/C18H24ClN5O4/c1-18(2,3)28-17(27)23(4)14-8-13(19)22-15-12(9-20-24(14)15)16(26)21-10-5-6-11(25)7-10/h8-11,25H,5-7H2,1-4H3,(H,21,26)/t10?,11-/m1/s1. The van der Waals surface area contributed by atoms with E-state index >= 15 is 0 Å². The quantitative estimate of drug-likeness (QED) is 0.753. The van der Waals surface area contributed by atoms with Crippen molar-refractivity contribution in [3.05, 3.63) is 23.0 Å². The number of halogens is 1. The van der Waals surface area contributed by atoms with Crippen LogP contribution < -0.4 is 10.2 Å². The highest BCUT2D eigenvalue weighted by molar-refractivity contribution is 6.30. The molecule has 9 nitrogen and oxygen atoms in total. The van der Waals surface area contributed by atoms with E-state index in [9.17, 15) is 14.7 Å². The minimum absolute atomic E-state index is 0.0967. The summed E-state index contributed by atoms with van der Waals surface area (Å²) in [6.45, 7) is 5.30. The molecule has 0 radical (unpaired) electrons. The third-order valence-electron chi connectivity index (χ3n) is 4.42. The molecule has 0 spiro atoms. The largest absolute Gasteiger partial charge is 0.443 e. The highest BCUT2D eigenvalue weighted by atomic mass is 35.5. The number of amides is 2. The molecular formula is C18H24ClN5O4. The molecule has 28 heavy (non-hydrogen) atoms. The van der Waals surface area contributed by atoms with E-state index in [0.717, 1.165) is 0 Å². The molecule has 2 heterocycles. The summed E-state index contributed by atoms with van der Waals surface area (Å²) in [6, 6.07) is 1.38. The van der Waals surface area contributed by atoms with Gasteiger partial charge in [0, 0.05) is 19.2 Å². The van der Waals surface area contributed by atoms with Crippen molar-refractivity contribution in [2.45, 2.75) is 57.8 Å². The number of anilines is 1. The SMILES string of the molecule is CN(C(=O)OC(C)(C)C)c1cc(Cl)nc2c(C(=O)NC3CC[C@@H](O)C3)cnn12. The Morgan fingerprint density at radius 2 is 2.11 bits per heavy atom. The predicted octanol–water partition coefficient (Wildman–Crippen LogP) is 2.40. The van der Waals surface area contributed by atoms with Gasteiger partial charge in [-0.25, -0.2) is 9.78 Å². The number of aromatic nitrogens is 3. The van der Waals surface area contributed by atoms with Crippen LogP contribution in [0.1, 0.15) is 50.4 Å². The predicted molar refractivity (Wildman–Crippen MR) is 104 cm³/mol. The van der Waals surface area contributed by atoms with Crippen molar-refractivity contribution in [2.24, 2.45) is 0 Å². The number of nitrogens with one attached hydrogen (secondary N) is 1. The lowest BCUT2D eigenvalue weighted by atomic mass is 10.2. The van der Waals surface area contributed by atoms with Crippen LogP contribution in [0.4, 0.5) is 10.6 Å². The van der Waals surface area contributed by atoms with E-state index in [4.69, 9.17) is 16.3 Å². The van der Waals surface area contributed by atoms with Crippen molar-refractivity contribution in [3.63, 3.8) is 0 Å². The molecule has 0 aliphatic heterocycles. The third-order valence-corrected chi connectivity index (χ3v) is 4.61. The second-order valence-corrected chi connectivity index (χ2v) is 8.29. The number of carbonyl (C=O) groups excluding carboxylic acids is 2. The average Bonchev–Trinajstić information content (AvgIpc) is 3.17. The first-order chi connectivity index (χ1) is 13.0. The van der Waals surface area contributed by atoms with Crippen LogP contribution in [0.2, 0.25) is 5.15 Å². The summed E-state index contributed by atoms with van der Waals surface area (Å²) in [5, 5.41) is 16.8. The summed E-state index contributed by atoms with van der Waals surface area (Å²) in [5.74, 6) is -0.0330. The maximum absolute atomic E-state index is 12.7. The second-order valence-electron chi connectivity index (χ2n) is 7.91. The van der Waals surface area contributed by atoms with E-state index in [0.29, 0.717) is 25.1 Å². The zero-order valence-electron chi connectivity index (χ0n) is 16.3. The third kappa shape index (κ3) is 4.36. The molecule has 1 unspecified atom stereocenters. The fourth-order valence-electron chi connectivity index (χ4n) is 3.09. The number of aliphatic hydroxyl groups excluding tert-OH is 1. The van der Waals surface area contributed by atoms with Gasteiger partial charge in [-0.2, -0.15) is 9.61 Å². The summed E-state index contributed by atoms with van der Waals surface area (Å²) in [5.41, 5.74) is -0.195. The molecule has 1 saturated carbocycles. The lowest BCUT2D eigenvalue weighted by Gasteiger charge is -2.24. The highest BCUT2D eigenvalue weighted by Crippen LogP contribution is 2.24. The maximum atomic E-state index is 12.7. The molecule has 1 fully saturated rings. The summed E-state index contributed by atoms with van der Waals surface area (Å²) in [4.78, 5) is 30.5. The van der Waals surface area contributed by atoms with Crippen molar-refractivity contribution in [1.29, 1.82) is 0 Å². The summed E-state index contributed by atoms with van der Waals surface area (Å²) >= 11 is 6.13. The molecule has 3 rings (SSSR count). The minimum atomic E-state index is -0.664. The summed E-state index contributed by atoms with van der Waals surface area (Å²) < 4.78 is 6.74. The van der Waals surface area contributed by atoms with E-state index in [1.165, 1.54) is 28.7 Å². The molecule has 2 aromatic rings. The van der Waals surface area contributed by atoms with Gasteiger partial charge < -0.3 is 15.2 Å². The summed E-state index contributed by atoms with van der Waals surface area (Å²) in [6.07, 6.45) is 2.30. The summed E-state index contributed by atoms with van der Waals surface area (Å²) in [7, 11) is 1.53. The Bertz CT molecular complexity index is 907. The molecule has 2 atom stereocenters. The molecular weight excluding hydrogens is 386 g/mol. The lowest BCUT2D eigenvalue weighted by Crippen LogP contribution is -2.35. The van der Waals surface area contributed by atoms with Crippen molar-refractivity contribution in [3.8, 4) is 0 Å². The van der Waals surface area contributed by atoms with Gasteiger partial charge in [0.2, 0.25) is 0 Å². The number of aliphatic hydroxyl groups is 1. The van der Waals surface area contributed by atoms with E-state index in [-0.39, 0.29) is 28.3 Å². The Kier molecular flexibility index (Phi) is 5.49. The van der Waals surface area contributed by atoms with Gasteiger partial charge in [0.05, 0.1) is 12.3 Å². The van der Waals surface area contributed by atoms with Gasteiger partial charge in [-0.05, 0) is 40.0 Å². The molecule has 0 bridgehead atoms. The van der Waals surface area contributed by atoms with Crippen molar-refractivity contribution in [2.75, 3.05) is 11.9 Å². The van der Waals surface area contributed by atoms with Crippen LogP contribution in [-0.2, 0) is 4.74 Å². The topological polar surface area (TPSA) is 109 Å². The molecule has 1 aliphatic rings. The first kappa shape index (κ1) is 20.3. The van der Waals surface area contributed by atoms with Gasteiger partial charge >= 0.3 is 6.09 Å². The van der Waals surface area contributed by atoms with E-state index in [1.54, 1.807) is 20.8 Å². The fourth-order valence-corrected chi connectivity index (χ4v) is 3.27. The fraction of sp³-hybridized carbons (Fsp3) is 0.556. The second kappa shape index (κ2) is 7.56. The zero-order chi connectivity index (χ0) is 20.6. The molecule has 1 aliphatic carbocycles. The molecule has 10 heteroatoms. The minimum Gasteiger partial charge on any atom is -0.443 e. The van der Waals surface area contributed by atoms with Gasteiger partial charge in [0.1, 0.15) is 22.1 Å². The Labute approximate surface area is 167 Å². The number of rotatable bonds is 3. The van der Waals surface area contributed by atoms with E-state index in [1.807, 2.05) is 0 Å². The van der Waals surface area contributed by atoms with Crippen molar-refractivity contribution < 1.29 is 19.4 Å². The van der Waals surface area contributed by atoms with Crippen LogP contribution in [0.15, 0.2) is 12.3 Å². The van der Waals surface area contributed by atoms with E-state index < -0.39 is 17.8 Å². The number of ether oxygens (including phenoxy) is 1. The van der Waals surface area contributed by atoms with Gasteiger partial charge in [0.15, 0.2) is 5.65 Å². The van der Waals surface area contributed by atoms with Crippen molar-refractivity contribution in [1.82, 2.24) is 19.9 Å². The van der Waals surface area contributed by atoms with Crippen LogP contribution in [0.5, 0.6) is 0 Å². The molecule has 2 amide bonds. The van der Waals surface area contributed by atoms with Crippen LogP contribution >= 0.6 is 11.6 Å². The molecule has 2 N–H and O–H groups in total. The van der Waals surface area contributed by atoms with Gasteiger partial charge in [-0.3, -0.25) is 9.69 Å². The molecule has 152 valence electrons. The number of carbonyl (C=O) groups is 2. The number of nitrogens with zero attached hydrogens (tertiary/aromatic N) is 4. The first-order valence-corrected chi connectivity index (χ1v) is 9.43. The van der Waals surface area contributed by atoms with Crippen LogP contribution in [0.3, 0.4) is 0 Å². The molecule has 0 aromatic carbocycles. The Morgan fingerprint density at radius 1 is 1.39 bits per heavy atom. The van der Waals surface area contributed by atoms with Gasteiger partial charge in [-0.1, -0.05) is 11.6 Å². The number of hydrogen-bond donors (Lipinski definition) is 2. The lowest BCUT2D eigenvalue weighted by molar-refractivity contribution is 0.0587. The van der Waals surface area contributed by atoms with Crippen LogP contribution in [0, 0.1) is 0 Å². The van der Waals surface area contributed by atoms with Crippen LogP contribution in [0.25, 0.3) is 5.65 Å². The van der Waals surface area contributed by atoms with Gasteiger partial charge in [0.25, 0.3) is 5.91 Å². The van der Waals surface area contributed by atoms with Gasteiger partial charge in [-0.15, -0.1) is 0 Å². The van der Waals surface area contributed by atoms with Crippen LogP contribution in [-0.4, -0.2) is 56.5 Å². The normalized spacial score (nSPS) is 19.6. The average molecular weight is 410 g/mol. The monoisotopic (exact) mass is 409 g/mol. The van der Waals surface area contributed by atoms with E-state index in [2.05, 4.69) is 15.4 Å². The Balaban J connectivity index is 1.90. The molecule has 2 aromatic heterocycles. The Hall–Kier alpha value is -2.39. The molecule has 0 saturated heterocycles. The maximum Gasteiger partial charge on any atom is 0.415 e. The highest BCUT2D eigenvalue weighted by Gasteiger charge is 2.27. The zero-order valence-corrected chi connectivity index (χ0v) is 17.0. The Morgan fingerprint density at radius 3 is 2.71 bits per heavy atom. The first-order valence-electron chi connectivity index (χ1n) is 9.05. The van der Waals surface area contributed by atoms with Crippen molar-refractivity contribution >= 4 is 35.1 Å².